The van der Waals surface area contributed by atoms with Crippen LogP contribution in [0.25, 0.3) is 0 Å². The van der Waals surface area contributed by atoms with Crippen molar-refractivity contribution in [2.45, 2.75) is 19.9 Å². The summed E-state index contributed by atoms with van der Waals surface area (Å²) in [5.74, 6) is 0.875. The van der Waals surface area contributed by atoms with Crippen molar-refractivity contribution in [1.29, 1.82) is 0 Å². The molecule has 3 aromatic rings. The molecule has 1 atom stereocenters. The molecule has 4 rings (SSSR count). The summed E-state index contributed by atoms with van der Waals surface area (Å²) >= 11 is 0. The quantitative estimate of drug-likeness (QED) is 0.703. The van der Waals surface area contributed by atoms with Crippen LogP contribution in [0.5, 0.6) is 5.75 Å². The Morgan fingerprint density at radius 2 is 2.14 bits per heavy atom. The number of fused-ring (bicyclic) bond motifs is 1. The van der Waals surface area contributed by atoms with Gasteiger partial charge in [-0.25, -0.2) is 0 Å². The fourth-order valence-electron chi connectivity index (χ4n) is 3.22. The summed E-state index contributed by atoms with van der Waals surface area (Å²) in [5.41, 5.74) is 2.57. The van der Waals surface area contributed by atoms with E-state index in [1.807, 2.05) is 38.1 Å². The number of amides is 1. The number of carbonyl (C=O) groups excluding carboxylic acids is 1. The second-order valence-corrected chi connectivity index (χ2v) is 6.18. The van der Waals surface area contributed by atoms with E-state index < -0.39 is 6.04 Å². The molecule has 1 aromatic carbocycles. The van der Waals surface area contributed by atoms with E-state index in [9.17, 15) is 4.79 Å². The number of rotatable bonds is 5. The van der Waals surface area contributed by atoms with Gasteiger partial charge in [0, 0.05) is 17.5 Å². The van der Waals surface area contributed by atoms with Gasteiger partial charge >= 0.3 is 0 Å². The molecule has 1 unspecified atom stereocenters. The van der Waals surface area contributed by atoms with Crippen LogP contribution in [-0.2, 0) is 4.79 Å². The molecule has 0 bridgehead atoms. The van der Waals surface area contributed by atoms with Gasteiger partial charge in [-0.05, 0) is 42.5 Å². The van der Waals surface area contributed by atoms with Crippen molar-refractivity contribution < 1.29 is 9.53 Å². The molecular weight excluding hydrogens is 358 g/mol. The molecule has 0 radical (unpaired) electrons. The minimum atomic E-state index is -0.536. The number of aromatic nitrogens is 5. The number of allylic oxidation sites excluding steroid dienone is 1. The fraction of sp³-hybridized carbons (Fsp3) is 0.211. The van der Waals surface area contributed by atoms with E-state index in [1.165, 1.54) is 0 Å². The molecule has 0 fully saturated rings. The number of ether oxygens (including phenoxy) is 1. The Bertz CT molecular complexity index is 1030. The Morgan fingerprint density at radius 3 is 2.93 bits per heavy atom. The van der Waals surface area contributed by atoms with Crippen molar-refractivity contribution in [2.24, 2.45) is 0 Å². The van der Waals surface area contributed by atoms with Gasteiger partial charge in [0.05, 0.1) is 24.1 Å². The highest BCUT2D eigenvalue weighted by Gasteiger charge is 2.35. The van der Waals surface area contributed by atoms with Gasteiger partial charge in [0.15, 0.2) is 0 Å². The summed E-state index contributed by atoms with van der Waals surface area (Å²) < 4.78 is 7.38. The molecule has 1 aliphatic rings. The van der Waals surface area contributed by atoms with Crippen molar-refractivity contribution in [1.82, 2.24) is 25.2 Å². The van der Waals surface area contributed by atoms with Crippen LogP contribution >= 0.6 is 0 Å². The van der Waals surface area contributed by atoms with Crippen molar-refractivity contribution >= 4 is 17.5 Å². The van der Waals surface area contributed by atoms with Crippen LogP contribution < -0.4 is 15.4 Å². The smallest absolute Gasteiger partial charge is 0.255 e. The summed E-state index contributed by atoms with van der Waals surface area (Å²) in [5, 5.41) is 17.9. The number of carbonyl (C=O) groups is 1. The SMILES string of the molecule is CCOc1ccccc1C1C(C(=O)Nc2cccnc2)=C(C)Nc2nnnn21. The number of pyridine rings is 1. The highest BCUT2D eigenvalue weighted by atomic mass is 16.5. The molecule has 142 valence electrons. The topological polar surface area (TPSA) is 107 Å². The molecule has 2 N–H and O–H groups in total. The first-order valence-electron chi connectivity index (χ1n) is 8.87. The van der Waals surface area contributed by atoms with E-state index in [4.69, 9.17) is 4.74 Å². The molecule has 1 aliphatic heterocycles. The van der Waals surface area contributed by atoms with Crippen molar-refractivity contribution in [2.75, 3.05) is 17.2 Å². The molecule has 0 saturated carbocycles. The lowest BCUT2D eigenvalue weighted by Crippen LogP contribution is -2.31. The Hall–Kier alpha value is -3.75. The predicted octanol–water partition coefficient (Wildman–Crippen LogP) is 2.39. The first kappa shape index (κ1) is 17.7. The van der Waals surface area contributed by atoms with E-state index >= 15 is 0 Å². The molecule has 3 heterocycles. The Kier molecular flexibility index (Phi) is 4.71. The van der Waals surface area contributed by atoms with Gasteiger partial charge in [0.2, 0.25) is 5.95 Å². The number of nitrogens with zero attached hydrogens (tertiary/aromatic N) is 5. The lowest BCUT2D eigenvalue weighted by molar-refractivity contribution is -0.113. The predicted molar refractivity (Wildman–Crippen MR) is 103 cm³/mol. The van der Waals surface area contributed by atoms with Gasteiger partial charge in [-0.15, -0.1) is 0 Å². The molecular formula is C19H19N7O2. The summed E-state index contributed by atoms with van der Waals surface area (Å²) in [7, 11) is 0. The number of anilines is 2. The number of para-hydroxylation sites is 1. The summed E-state index contributed by atoms with van der Waals surface area (Å²) in [6, 6.07) is 10.6. The van der Waals surface area contributed by atoms with Crippen LogP contribution in [0.1, 0.15) is 25.5 Å². The summed E-state index contributed by atoms with van der Waals surface area (Å²) in [4.78, 5) is 17.2. The zero-order valence-electron chi connectivity index (χ0n) is 15.5. The molecule has 28 heavy (non-hydrogen) atoms. The van der Waals surface area contributed by atoms with Gasteiger partial charge in [0.1, 0.15) is 11.8 Å². The maximum absolute atomic E-state index is 13.2. The van der Waals surface area contributed by atoms with Crippen LogP contribution in [0.15, 0.2) is 60.1 Å². The highest BCUT2D eigenvalue weighted by molar-refractivity contribution is 6.06. The molecule has 0 spiro atoms. The Balaban J connectivity index is 1.80. The van der Waals surface area contributed by atoms with E-state index in [0.717, 1.165) is 5.56 Å². The molecule has 1 amide bonds. The van der Waals surface area contributed by atoms with Crippen molar-refractivity contribution in [3.8, 4) is 5.75 Å². The van der Waals surface area contributed by atoms with Crippen LogP contribution in [-0.4, -0.2) is 37.7 Å². The number of hydrogen-bond donors (Lipinski definition) is 2. The van der Waals surface area contributed by atoms with Gasteiger partial charge in [0.25, 0.3) is 5.91 Å². The maximum atomic E-state index is 13.2. The summed E-state index contributed by atoms with van der Waals surface area (Å²) in [6.07, 6.45) is 3.24. The third-order valence-electron chi connectivity index (χ3n) is 4.39. The lowest BCUT2D eigenvalue weighted by atomic mass is 9.94. The fourth-order valence-corrected chi connectivity index (χ4v) is 3.22. The van der Waals surface area contributed by atoms with Gasteiger partial charge < -0.3 is 15.4 Å². The normalized spacial score (nSPS) is 15.6. The number of hydrogen-bond acceptors (Lipinski definition) is 7. The standard InChI is InChI=1S/C19H19N7O2/c1-3-28-15-9-5-4-8-14(15)17-16(12(2)21-19-23-24-25-26(17)19)18(27)22-13-7-6-10-20-11-13/h4-11,17H,3H2,1-2H3,(H,22,27)(H,21,23,25). The second kappa shape index (κ2) is 7.47. The number of tetrazole rings is 1. The van der Waals surface area contributed by atoms with Crippen LogP contribution in [0.2, 0.25) is 0 Å². The molecule has 9 nitrogen and oxygen atoms in total. The van der Waals surface area contributed by atoms with Crippen molar-refractivity contribution in [3.05, 3.63) is 65.6 Å². The van der Waals surface area contributed by atoms with Gasteiger partial charge in [-0.3, -0.25) is 9.78 Å². The zero-order valence-corrected chi connectivity index (χ0v) is 15.5. The second-order valence-electron chi connectivity index (χ2n) is 6.18. The summed E-state index contributed by atoms with van der Waals surface area (Å²) in [6.45, 7) is 4.25. The van der Waals surface area contributed by atoms with E-state index in [-0.39, 0.29) is 5.91 Å². The van der Waals surface area contributed by atoms with E-state index in [0.29, 0.717) is 35.3 Å². The van der Waals surface area contributed by atoms with Crippen LogP contribution in [0.4, 0.5) is 11.6 Å². The van der Waals surface area contributed by atoms with Crippen molar-refractivity contribution in [3.63, 3.8) is 0 Å². The first-order chi connectivity index (χ1) is 13.7. The third kappa shape index (κ3) is 3.18. The maximum Gasteiger partial charge on any atom is 0.255 e. The molecule has 2 aromatic heterocycles. The van der Waals surface area contributed by atoms with Gasteiger partial charge in [-0.2, -0.15) is 4.68 Å². The zero-order chi connectivity index (χ0) is 19.5. The Morgan fingerprint density at radius 1 is 1.29 bits per heavy atom. The molecule has 0 saturated heterocycles. The van der Waals surface area contributed by atoms with Gasteiger partial charge in [-0.1, -0.05) is 23.3 Å². The van der Waals surface area contributed by atoms with Crippen LogP contribution in [0, 0.1) is 0 Å². The third-order valence-corrected chi connectivity index (χ3v) is 4.39. The average Bonchev–Trinajstić information content (AvgIpc) is 3.16. The number of benzene rings is 1. The van der Waals surface area contributed by atoms with Crippen LogP contribution in [0.3, 0.4) is 0 Å². The Labute approximate surface area is 161 Å². The molecule has 9 heteroatoms. The lowest BCUT2D eigenvalue weighted by Gasteiger charge is -2.29. The monoisotopic (exact) mass is 377 g/mol. The largest absolute Gasteiger partial charge is 0.494 e. The first-order valence-corrected chi connectivity index (χ1v) is 8.87. The van der Waals surface area contributed by atoms with E-state index in [2.05, 4.69) is 31.1 Å². The molecule has 0 aliphatic carbocycles. The minimum absolute atomic E-state index is 0.268. The van der Waals surface area contributed by atoms with E-state index in [1.54, 1.807) is 29.2 Å². The average molecular weight is 377 g/mol. The number of nitrogens with one attached hydrogen (secondary N) is 2. The highest BCUT2D eigenvalue weighted by Crippen LogP contribution is 2.38. The minimum Gasteiger partial charge on any atom is -0.494 e.